The summed E-state index contributed by atoms with van der Waals surface area (Å²) in [6.07, 6.45) is 0.815. The SMILES string of the molecule is CNCOC(=O)C(C)(C)CCN1CCOCC1. The van der Waals surface area contributed by atoms with Crippen LogP contribution in [-0.2, 0) is 14.3 Å². The third-order valence-electron chi connectivity index (χ3n) is 3.06. The van der Waals surface area contributed by atoms with Gasteiger partial charge in [0.2, 0.25) is 0 Å². The van der Waals surface area contributed by atoms with Crippen LogP contribution in [0.3, 0.4) is 0 Å². The number of nitrogens with one attached hydrogen (secondary N) is 1. The lowest BCUT2D eigenvalue weighted by molar-refractivity contribution is -0.155. The summed E-state index contributed by atoms with van der Waals surface area (Å²) in [5.41, 5.74) is -0.421. The molecule has 0 unspecified atom stereocenters. The number of hydrogen-bond acceptors (Lipinski definition) is 5. The molecule has 0 spiro atoms. The number of carbonyl (C=O) groups excluding carboxylic acids is 1. The molecule has 0 aliphatic carbocycles. The Morgan fingerprint density at radius 3 is 2.65 bits per heavy atom. The second kappa shape index (κ2) is 6.93. The molecule has 0 amide bonds. The lowest BCUT2D eigenvalue weighted by Gasteiger charge is -2.30. The van der Waals surface area contributed by atoms with E-state index < -0.39 is 5.41 Å². The van der Waals surface area contributed by atoms with Gasteiger partial charge in [-0.15, -0.1) is 0 Å². The number of ether oxygens (including phenoxy) is 2. The Morgan fingerprint density at radius 2 is 2.06 bits per heavy atom. The first kappa shape index (κ1) is 14.4. The fourth-order valence-corrected chi connectivity index (χ4v) is 1.70. The average molecular weight is 244 g/mol. The van der Waals surface area contributed by atoms with Crippen LogP contribution in [0.5, 0.6) is 0 Å². The molecule has 0 bridgehead atoms. The molecule has 5 nitrogen and oxygen atoms in total. The van der Waals surface area contributed by atoms with Crippen LogP contribution < -0.4 is 5.32 Å². The van der Waals surface area contributed by atoms with Crippen molar-refractivity contribution in [1.29, 1.82) is 0 Å². The predicted octanol–water partition coefficient (Wildman–Crippen LogP) is 0.455. The van der Waals surface area contributed by atoms with Gasteiger partial charge in [0.05, 0.1) is 18.6 Å². The van der Waals surface area contributed by atoms with Crippen LogP contribution in [0.25, 0.3) is 0 Å². The van der Waals surface area contributed by atoms with E-state index in [1.807, 2.05) is 13.8 Å². The van der Waals surface area contributed by atoms with Crippen LogP contribution in [0, 0.1) is 5.41 Å². The maximum Gasteiger partial charge on any atom is 0.312 e. The van der Waals surface area contributed by atoms with E-state index >= 15 is 0 Å². The second-order valence-electron chi connectivity index (χ2n) is 5.02. The van der Waals surface area contributed by atoms with Crippen molar-refractivity contribution >= 4 is 5.97 Å². The van der Waals surface area contributed by atoms with E-state index in [1.165, 1.54) is 0 Å². The molecule has 1 N–H and O–H groups in total. The van der Waals surface area contributed by atoms with E-state index in [0.717, 1.165) is 39.3 Å². The Bertz CT molecular complexity index is 238. The van der Waals surface area contributed by atoms with Crippen molar-refractivity contribution in [2.24, 2.45) is 5.41 Å². The molecular formula is C12H24N2O3. The summed E-state index contributed by atoms with van der Waals surface area (Å²) < 4.78 is 10.4. The van der Waals surface area contributed by atoms with Crippen molar-refractivity contribution in [1.82, 2.24) is 10.2 Å². The molecule has 17 heavy (non-hydrogen) atoms. The number of hydrogen-bond donors (Lipinski definition) is 1. The van der Waals surface area contributed by atoms with Gasteiger partial charge < -0.3 is 9.47 Å². The Morgan fingerprint density at radius 1 is 1.41 bits per heavy atom. The van der Waals surface area contributed by atoms with E-state index in [4.69, 9.17) is 9.47 Å². The van der Waals surface area contributed by atoms with Crippen molar-refractivity contribution in [3.8, 4) is 0 Å². The van der Waals surface area contributed by atoms with Gasteiger partial charge in [-0.3, -0.25) is 15.0 Å². The summed E-state index contributed by atoms with van der Waals surface area (Å²) >= 11 is 0. The number of morpholine rings is 1. The predicted molar refractivity (Wildman–Crippen MR) is 65.7 cm³/mol. The molecule has 1 rings (SSSR count). The summed E-state index contributed by atoms with van der Waals surface area (Å²) in [6.45, 7) is 8.58. The van der Waals surface area contributed by atoms with Gasteiger partial charge in [0.25, 0.3) is 0 Å². The lowest BCUT2D eigenvalue weighted by Crippen LogP contribution is -2.40. The van der Waals surface area contributed by atoms with E-state index in [1.54, 1.807) is 7.05 Å². The monoisotopic (exact) mass is 244 g/mol. The molecule has 0 aromatic heterocycles. The van der Waals surface area contributed by atoms with Crippen LogP contribution in [0.1, 0.15) is 20.3 Å². The molecule has 1 aliphatic heterocycles. The van der Waals surface area contributed by atoms with Crippen LogP contribution in [0.2, 0.25) is 0 Å². The molecule has 0 saturated carbocycles. The van der Waals surface area contributed by atoms with Gasteiger partial charge in [-0.2, -0.15) is 0 Å². The van der Waals surface area contributed by atoms with Gasteiger partial charge in [-0.25, -0.2) is 0 Å². The minimum atomic E-state index is -0.421. The maximum atomic E-state index is 11.8. The molecule has 1 fully saturated rings. The summed E-state index contributed by atoms with van der Waals surface area (Å²) in [7, 11) is 1.76. The molecule has 0 atom stereocenters. The van der Waals surface area contributed by atoms with Crippen LogP contribution in [-0.4, -0.2) is 57.5 Å². The van der Waals surface area contributed by atoms with Crippen molar-refractivity contribution < 1.29 is 14.3 Å². The quantitative estimate of drug-likeness (QED) is 0.543. The van der Waals surface area contributed by atoms with Gasteiger partial charge in [-0.05, 0) is 33.9 Å². The van der Waals surface area contributed by atoms with Gasteiger partial charge >= 0.3 is 5.97 Å². The van der Waals surface area contributed by atoms with Gasteiger partial charge in [0.15, 0.2) is 0 Å². The summed E-state index contributed by atoms with van der Waals surface area (Å²) in [4.78, 5) is 14.1. The molecular weight excluding hydrogens is 220 g/mol. The lowest BCUT2D eigenvalue weighted by atomic mass is 9.89. The maximum absolute atomic E-state index is 11.8. The Kier molecular flexibility index (Phi) is 5.88. The molecule has 1 saturated heterocycles. The third kappa shape index (κ3) is 5.02. The zero-order valence-corrected chi connectivity index (χ0v) is 11.1. The molecule has 100 valence electrons. The van der Waals surface area contributed by atoms with Gasteiger partial charge in [0, 0.05) is 13.1 Å². The second-order valence-corrected chi connectivity index (χ2v) is 5.02. The van der Waals surface area contributed by atoms with Crippen LogP contribution in [0.4, 0.5) is 0 Å². The van der Waals surface area contributed by atoms with E-state index in [-0.39, 0.29) is 12.7 Å². The first-order chi connectivity index (χ1) is 8.06. The first-order valence-electron chi connectivity index (χ1n) is 6.18. The summed E-state index contributed by atoms with van der Waals surface area (Å²) in [6, 6.07) is 0. The topological polar surface area (TPSA) is 50.8 Å². The third-order valence-corrected chi connectivity index (χ3v) is 3.06. The highest BCUT2D eigenvalue weighted by atomic mass is 16.5. The zero-order chi connectivity index (χ0) is 12.7. The largest absolute Gasteiger partial charge is 0.449 e. The number of rotatable bonds is 6. The first-order valence-corrected chi connectivity index (χ1v) is 6.18. The number of carbonyl (C=O) groups is 1. The zero-order valence-electron chi connectivity index (χ0n) is 11.1. The minimum Gasteiger partial charge on any atom is -0.449 e. The number of esters is 1. The van der Waals surface area contributed by atoms with Crippen molar-refractivity contribution in [2.45, 2.75) is 20.3 Å². The normalized spacial score (nSPS) is 18.1. The van der Waals surface area contributed by atoms with Gasteiger partial charge in [0.1, 0.15) is 6.73 Å². The summed E-state index contributed by atoms with van der Waals surface area (Å²) in [5.74, 6) is -0.139. The molecule has 0 aromatic rings. The molecule has 1 aliphatic rings. The Balaban J connectivity index is 2.29. The fraction of sp³-hybridized carbons (Fsp3) is 0.917. The minimum absolute atomic E-state index is 0.139. The van der Waals surface area contributed by atoms with Gasteiger partial charge in [-0.1, -0.05) is 0 Å². The number of nitrogens with zero attached hydrogens (tertiary/aromatic N) is 1. The van der Waals surface area contributed by atoms with Crippen molar-refractivity contribution in [3.63, 3.8) is 0 Å². The average Bonchev–Trinajstić information content (AvgIpc) is 2.35. The van der Waals surface area contributed by atoms with E-state index in [0.29, 0.717) is 0 Å². The highest BCUT2D eigenvalue weighted by Gasteiger charge is 2.29. The molecule has 5 heteroatoms. The Hall–Kier alpha value is -0.650. The molecule has 1 heterocycles. The van der Waals surface area contributed by atoms with Crippen LogP contribution >= 0.6 is 0 Å². The highest BCUT2D eigenvalue weighted by molar-refractivity contribution is 5.75. The van der Waals surface area contributed by atoms with Crippen molar-refractivity contribution in [2.75, 3.05) is 46.6 Å². The van der Waals surface area contributed by atoms with E-state index in [2.05, 4.69) is 10.2 Å². The molecule has 0 aromatic carbocycles. The molecule has 0 radical (unpaired) electrons. The fourth-order valence-electron chi connectivity index (χ4n) is 1.70. The Labute approximate surface area is 103 Å². The highest BCUT2D eigenvalue weighted by Crippen LogP contribution is 2.22. The smallest absolute Gasteiger partial charge is 0.312 e. The van der Waals surface area contributed by atoms with Crippen LogP contribution in [0.15, 0.2) is 0 Å². The van der Waals surface area contributed by atoms with E-state index in [9.17, 15) is 4.79 Å². The summed E-state index contributed by atoms with van der Waals surface area (Å²) in [5, 5.41) is 2.81. The van der Waals surface area contributed by atoms with Crippen molar-refractivity contribution in [3.05, 3.63) is 0 Å². The standard InChI is InChI=1S/C12H24N2O3/c1-12(2,11(15)17-10-13-3)4-5-14-6-8-16-9-7-14/h13H,4-10H2,1-3H3.